The summed E-state index contributed by atoms with van der Waals surface area (Å²) >= 11 is 5.38. The number of allylic oxidation sites excluding steroid dienone is 1. The SMILES string of the molecule is C=CN1C(=S)NC(C)=C(C(=O)CCC)C1c1ccccc1. The van der Waals surface area contributed by atoms with Crippen molar-refractivity contribution in [2.24, 2.45) is 0 Å². The lowest BCUT2D eigenvalue weighted by molar-refractivity contribution is -0.116. The minimum atomic E-state index is -0.198. The Morgan fingerprint density at radius 2 is 2.10 bits per heavy atom. The number of Topliss-reactive ketones (excluding diaryl/α,β-unsaturated/α-hetero) is 1. The number of ketones is 1. The van der Waals surface area contributed by atoms with E-state index in [-0.39, 0.29) is 11.8 Å². The zero-order valence-corrected chi connectivity index (χ0v) is 13.2. The second kappa shape index (κ2) is 6.68. The Morgan fingerprint density at radius 3 is 2.67 bits per heavy atom. The molecule has 1 aromatic carbocycles. The monoisotopic (exact) mass is 300 g/mol. The van der Waals surface area contributed by atoms with Gasteiger partial charge >= 0.3 is 0 Å². The molecule has 0 spiro atoms. The van der Waals surface area contributed by atoms with Gasteiger partial charge in [0.2, 0.25) is 0 Å². The van der Waals surface area contributed by atoms with E-state index in [1.54, 1.807) is 6.20 Å². The predicted molar refractivity (Wildman–Crippen MR) is 89.6 cm³/mol. The van der Waals surface area contributed by atoms with Gasteiger partial charge in [-0.05, 0) is 31.1 Å². The van der Waals surface area contributed by atoms with E-state index < -0.39 is 0 Å². The van der Waals surface area contributed by atoms with Crippen LogP contribution in [0.1, 0.15) is 38.3 Å². The highest BCUT2D eigenvalue weighted by atomic mass is 32.1. The molecule has 110 valence electrons. The lowest BCUT2D eigenvalue weighted by atomic mass is 9.90. The minimum Gasteiger partial charge on any atom is -0.336 e. The van der Waals surface area contributed by atoms with Crippen molar-refractivity contribution in [3.8, 4) is 0 Å². The zero-order valence-electron chi connectivity index (χ0n) is 12.4. The van der Waals surface area contributed by atoms with Gasteiger partial charge in [0.15, 0.2) is 10.9 Å². The number of hydrogen-bond acceptors (Lipinski definition) is 2. The van der Waals surface area contributed by atoms with Gasteiger partial charge in [-0.1, -0.05) is 43.8 Å². The van der Waals surface area contributed by atoms with Gasteiger partial charge in [0.25, 0.3) is 0 Å². The number of hydrogen-bond donors (Lipinski definition) is 1. The third-order valence-electron chi connectivity index (χ3n) is 3.57. The Balaban J connectivity index is 2.55. The molecule has 21 heavy (non-hydrogen) atoms. The number of nitrogens with one attached hydrogen (secondary N) is 1. The second-order valence-electron chi connectivity index (χ2n) is 5.05. The number of carbonyl (C=O) groups is 1. The first-order valence-electron chi connectivity index (χ1n) is 7.11. The molecule has 2 rings (SSSR count). The third kappa shape index (κ3) is 3.05. The zero-order chi connectivity index (χ0) is 15.4. The van der Waals surface area contributed by atoms with E-state index in [0.717, 1.165) is 23.3 Å². The second-order valence-corrected chi connectivity index (χ2v) is 5.43. The lowest BCUT2D eigenvalue weighted by Crippen LogP contribution is -2.45. The van der Waals surface area contributed by atoms with Crippen molar-refractivity contribution >= 4 is 23.1 Å². The summed E-state index contributed by atoms with van der Waals surface area (Å²) in [5.74, 6) is 0.158. The van der Waals surface area contributed by atoms with E-state index >= 15 is 0 Å². The van der Waals surface area contributed by atoms with E-state index in [1.165, 1.54) is 0 Å². The van der Waals surface area contributed by atoms with E-state index in [2.05, 4.69) is 11.9 Å². The topological polar surface area (TPSA) is 32.3 Å². The highest BCUT2D eigenvalue weighted by Crippen LogP contribution is 2.34. The van der Waals surface area contributed by atoms with Gasteiger partial charge in [0.05, 0.1) is 6.04 Å². The molecular weight excluding hydrogens is 280 g/mol. The number of carbonyl (C=O) groups excluding carboxylic acids is 1. The van der Waals surface area contributed by atoms with Crippen molar-refractivity contribution < 1.29 is 4.79 Å². The molecule has 3 nitrogen and oxygen atoms in total. The van der Waals surface area contributed by atoms with E-state index in [9.17, 15) is 4.79 Å². The van der Waals surface area contributed by atoms with Crippen molar-refractivity contribution in [2.45, 2.75) is 32.7 Å². The van der Waals surface area contributed by atoms with Crippen molar-refractivity contribution in [3.05, 3.63) is 59.9 Å². The summed E-state index contributed by atoms with van der Waals surface area (Å²) in [5.41, 5.74) is 2.65. The van der Waals surface area contributed by atoms with Crippen molar-refractivity contribution in [1.29, 1.82) is 0 Å². The minimum absolute atomic E-state index is 0.158. The summed E-state index contributed by atoms with van der Waals surface area (Å²) in [6.45, 7) is 7.76. The summed E-state index contributed by atoms with van der Waals surface area (Å²) < 4.78 is 0. The standard InChI is InChI=1S/C17H20N2OS/c1-4-9-14(20)15-12(3)18-17(21)19(5-2)16(15)13-10-7-6-8-11-13/h5-8,10-11,16H,2,4,9H2,1,3H3,(H,18,21). The maximum Gasteiger partial charge on any atom is 0.178 e. The van der Waals surface area contributed by atoms with Crippen LogP contribution in [0.4, 0.5) is 0 Å². The first-order chi connectivity index (χ1) is 10.1. The van der Waals surface area contributed by atoms with Crippen molar-refractivity contribution in [2.75, 3.05) is 0 Å². The molecule has 1 unspecified atom stereocenters. The van der Waals surface area contributed by atoms with Crippen LogP contribution in [-0.2, 0) is 4.79 Å². The molecule has 0 saturated heterocycles. The average molecular weight is 300 g/mol. The smallest absolute Gasteiger partial charge is 0.178 e. The van der Waals surface area contributed by atoms with Gasteiger partial charge in [-0.25, -0.2) is 0 Å². The van der Waals surface area contributed by atoms with Crippen LogP contribution in [0.25, 0.3) is 0 Å². The molecule has 0 fully saturated rings. The van der Waals surface area contributed by atoms with Crippen molar-refractivity contribution in [3.63, 3.8) is 0 Å². The maximum absolute atomic E-state index is 12.6. The van der Waals surface area contributed by atoms with Crippen LogP contribution in [0.5, 0.6) is 0 Å². The molecule has 1 atom stereocenters. The molecule has 0 saturated carbocycles. The predicted octanol–water partition coefficient (Wildman–Crippen LogP) is 3.70. The summed E-state index contributed by atoms with van der Waals surface area (Å²) in [7, 11) is 0. The number of nitrogens with zero attached hydrogens (tertiary/aromatic N) is 1. The van der Waals surface area contributed by atoms with E-state index in [0.29, 0.717) is 11.5 Å². The molecule has 1 aliphatic heterocycles. The van der Waals surface area contributed by atoms with Crippen LogP contribution < -0.4 is 5.32 Å². The molecule has 0 radical (unpaired) electrons. The lowest BCUT2D eigenvalue weighted by Gasteiger charge is -2.38. The fourth-order valence-corrected chi connectivity index (χ4v) is 2.96. The Hall–Kier alpha value is -1.94. The first kappa shape index (κ1) is 15.4. The van der Waals surface area contributed by atoms with Gasteiger partial charge in [0, 0.05) is 23.9 Å². The highest BCUT2D eigenvalue weighted by molar-refractivity contribution is 7.80. The molecule has 0 bridgehead atoms. The maximum atomic E-state index is 12.6. The molecule has 0 aromatic heterocycles. The summed E-state index contributed by atoms with van der Waals surface area (Å²) in [6.07, 6.45) is 3.05. The number of benzene rings is 1. The Morgan fingerprint density at radius 1 is 1.43 bits per heavy atom. The molecular formula is C17H20N2OS. The molecule has 4 heteroatoms. The number of thiocarbonyl (C=S) groups is 1. The van der Waals surface area contributed by atoms with Crippen molar-refractivity contribution in [1.82, 2.24) is 10.2 Å². The Bertz CT molecular complexity index is 592. The first-order valence-corrected chi connectivity index (χ1v) is 7.51. The van der Waals surface area contributed by atoms with Gasteiger partial charge in [-0.3, -0.25) is 4.79 Å². The van der Waals surface area contributed by atoms with E-state index in [4.69, 9.17) is 12.2 Å². The Labute approximate surface area is 131 Å². The molecule has 1 aliphatic rings. The van der Waals surface area contributed by atoms with Crippen LogP contribution in [0, 0.1) is 0 Å². The van der Waals surface area contributed by atoms with Crippen LogP contribution in [-0.4, -0.2) is 15.8 Å². The molecule has 1 heterocycles. The van der Waals surface area contributed by atoms with Gasteiger partial charge in [0.1, 0.15) is 0 Å². The van der Waals surface area contributed by atoms with Crippen LogP contribution in [0.15, 0.2) is 54.4 Å². The molecule has 1 aromatic rings. The fourth-order valence-electron chi connectivity index (χ4n) is 2.63. The van der Waals surface area contributed by atoms with Crippen LogP contribution >= 0.6 is 12.2 Å². The number of rotatable bonds is 5. The highest BCUT2D eigenvalue weighted by Gasteiger charge is 2.33. The Kier molecular flexibility index (Phi) is 4.91. The fraction of sp³-hybridized carbons (Fsp3) is 0.294. The summed E-state index contributed by atoms with van der Waals surface area (Å²) in [4.78, 5) is 14.4. The molecule has 0 aliphatic carbocycles. The van der Waals surface area contributed by atoms with Crippen LogP contribution in [0.2, 0.25) is 0 Å². The summed E-state index contributed by atoms with van der Waals surface area (Å²) in [6, 6.07) is 9.74. The van der Waals surface area contributed by atoms with Gasteiger partial charge in [-0.2, -0.15) is 0 Å². The normalized spacial score (nSPS) is 18.5. The average Bonchev–Trinajstić information content (AvgIpc) is 2.47. The molecule has 0 amide bonds. The van der Waals surface area contributed by atoms with Gasteiger partial charge in [-0.15, -0.1) is 0 Å². The third-order valence-corrected chi connectivity index (χ3v) is 3.89. The van der Waals surface area contributed by atoms with Crippen LogP contribution in [0.3, 0.4) is 0 Å². The van der Waals surface area contributed by atoms with Gasteiger partial charge < -0.3 is 10.2 Å². The van der Waals surface area contributed by atoms with E-state index in [1.807, 2.05) is 49.1 Å². The quantitative estimate of drug-likeness (QED) is 0.840. The molecule has 1 N–H and O–H groups in total. The summed E-state index contributed by atoms with van der Waals surface area (Å²) in [5, 5.41) is 3.69. The largest absolute Gasteiger partial charge is 0.336 e.